The molecule has 0 bridgehead atoms. The fourth-order valence-corrected chi connectivity index (χ4v) is 3.68. The number of aromatic nitrogens is 8. The monoisotopic (exact) mass is 429 g/mol. The standard InChI is InChI=1S/C21H19N9O2/c1-10(25-20(31)16-11-8-24-29-17(11)23-9-22-16)14-7-13(30-32-14)19-26-12-3-4-15(21(2)5-6-21)27-18(12)28-19/h3-4,7-10H,5-6H2,1-2H3,(H,25,31)(H,26,27,28)(H,22,23,24,29)/t10-/m1/s1. The first-order chi connectivity index (χ1) is 15.5. The maximum atomic E-state index is 12.7. The molecule has 1 saturated carbocycles. The first-order valence-electron chi connectivity index (χ1n) is 10.3. The van der Waals surface area contributed by atoms with Crippen LogP contribution in [-0.2, 0) is 5.41 Å². The van der Waals surface area contributed by atoms with Crippen molar-refractivity contribution in [2.24, 2.45) is 0 Å². The van der Waals surface area contributed by atoms with E-state index in [1.54, 1.807) is 13.0 Å². The van der Waals surface area contributed by atoms with E-state index < -0.39 is 6.04 Å². The Morgan fingerprint density at radius 1 is 1.25 bits per heavy atom. The summed E-state index contributed by atoms with van der Waals surface area (Å²) in [5, 5.41) is 14.2. The number of hydrogen-bond donors (Lipinski definition) is 3. The SMILES string of the molecule is C[C@@H](NC(=O)c1ncnc2[nH]ncc12)c1cc(-c2nc3nc(C4(C)CC4)ccc3[nH]2)no1. The number of pyridine rings is 1. The number of fused-ring (bicyclic) bond motifs is 2. The number of rotatable bonds is 5. The molecule has 11 heteroatoms. The molecule has 1 atom stereocenters. The van der Waals surface area contributed by atoms with Crippen LogP contribution in [0.2, 0.25) is 0 Å². The maximum absolute atomic E-state index is 12.7. The average Bonchev–Trinajstić information content (AvgIpc) is 3.24. The number of amides is 1. The maximum Gasteiger partial charge on any atom is 0.271 e. The number of nitrogens with zero attached hydrogens (tertiary/aromatic N) is 6. The summed E-state index contributed by atoms with van der Waals surface area (Å²) in [5.74, 6) is 0.693. The highest BCUT2D eigenvalue weighted by molar-refractivity contribution is 6.03. The van der Waals surface area contributed by atoms with Gasteiger partial charge < -0.3 is 14.8 Å². The van der Waals surface area contributed by atoms with Crippen molar-refractivity contribution < 1.29 is 9.32 Å². The highest BCUT2D eigenvalue weighted by Gasteiger charge is 2.40. The molecule has 0 aromatic carbocycles. The average molecular weight is 429 g/mol. The Kier molecular flexibility index (Phi) is 3.88. The van der Waals surface area contributed by atoms with Crippen molar-refractivity contribution in [1.29, 1.82) is 0 Å². The molecule has 0 unspecified atom stereocenters. The number of hydrogen-bond acceptors (Lipinski definition) is 8. The molecular formula is C21H19N9O2. The van der Waals surface area contributed by atoms with Crippen molar-refractivity contribution in [3.05, 3.63) is 47.9 Å². The van der Waals surface area contributed by atoms with Crippen LogP contribution in [0.15, 0.2) is 35.2 Å². The molecule has 0 saturated heterocycles. The molecule has 5 aromatic heterocycles. The van der Waals surface area contributed by atoms with Gasteiger partial charge in [-0.3, -0.25) is 9.89 Å². The van der Waals surface area contributed by atoms with Crippen molar-refractivity contribution in [3.63, 3.8) is 0 Å². The molecule has 160 valence electrons. The summed E-state index contributed by atoms with van der Waals surface area (Å²) in [4.78, 5) is 33.4. The van der Waals surface area contributed by atoms with Gasteiger partial charge in [0.2, 0.25) is 0 Å². The second-order valence-electron chi connectivity index (χ2n) is 8.38. The molecule has 0 spiro atoms. The van der Waals surface area contributed by atoms with Crippen LogP contribution < -0.4 is 5.32 Å². The number of carbonyl (C=O) groups is 1. The van der Waals surface area contributed by atoms with Gasteiger partial charge in [-0.25, -0.2) is 19.9 Å². The Bertz CT molecular complexity index is 1480. The zero-order chi connectivity index (χ0) is 21.9. The summed E-state index contributed by atoms with van der Waals surface area (Å²) >= 11 is 0. The molecule has 1 fully saturated rings. The van der Waals surface area contributed by atoms with Gasteiger partial charge in [0, 0.05) is 17.2 Å². The second kappa shape index (κ2) is 6.67. The molecule has 3 N–H and O–H groups in total. The molecule has 11 nitrogen and oxygen atoms in total. The minimum absolute atomic E-state index is 0.174. The fraction of sp³-hybridized carbons (Fsp3) is 0.286. The first kappa shape index (κ1) is 18.6. The lowest BCUT2D eigenvalue weighted by atomic mass is 10.1. The molecule has 1 aliphatic rings. The van der Waals surface area contributed by atoms with Crippen LogP contribution in [0.3, 0.4) is 0 Å². The Balaban J connectivity index is 1.23. The molecular weight excluding hydrogens is 410 g/mol. The number of aromatic amines is 2. The van der Waals surface area contributed by atoms with Crippen molar-refractivity contribution in [2.45, 2.75) is 38.1 Å². The zero-order valence-electron chi connectivity index (χ0n) is 17.4. The fourth-order valence-electron chi connectivity index (χ4n) is 3.68. The van der Waals surface area contributed by atoms with Crippen LogP contribution in [0, 0.1) is 0 Å². The molecule has 5 aromatic rings. The Morgan fingerprint density at radius 3 is 2.97 bits per heavy atom. The highest BCUT2D eigenvalue weighted by atomic mass is 16.5. The Labute approximate surface area is 181 Å². The summed E-state index contributed by atoms with van der Waals surface area (Å²) in [6.07, 6.45) is 5.14. The number of imidazole rings is 1. The van der Waals surface area contributed by atoms with Crippen LogP contribution in [0.1, 0.15) is 54.7 Å². The van der Waals surface area contributed by atoms with Crippen molar-refractivity contribution in [2.75, 3.05) is 0 Å². The van der Waals surface area contributed by atoms with Crippen LogP contribution >= 0.6 is 0 Å². The number of nitrogens with one attached hydrogen (secondary N) is 3. The lowest BCUT2D eigenvalue weighted by Crippen LogP contribution is -2.27. The third-order valence-electron chi connectivity index (χ3n) is 5.97. The zero-order valence-corrected chi connectivity index (χ0v) is 17.4. The third-order valence-corrected chi connectivity index (χ3v) is 5.97. The van der Waals surface area contributed by atoms with E-state index in [0.29, 0.717) is 34.0 Å². The van der Waals surface area contributed by atoms with E-state index in [1.165, 1.54) is 12.5 Å². The summed E-state index contributed by atoms with van der Waals surface area (Å²) < 4.78 is 5.48. The minimum Gasteiger partial charge on any atom is -0.358 e. The van der Waals surface area contributed by atoms with E-state index in [-0.39, 0.29) is 17.0 Å². The van der Waals surface area contributed by atoms with Gasteiger partial charge in [-0.05, 0) is 31.9 Å². The van der Waals surface area contributed by atoms with Gasteiger partial charge in [0.15, 0.2) is 22.9 Å². The van der Waals surface area contributed by atoms with Gasteiger partial charge >= 0.3 is 0 Å². The normalized spacial score (nSPS) is 15.8. The molecule has 5 heterocycles. The van der Waals surface area contributed by atoms with E-state index in [4.69, 9.17) is 9.51 Å². The van der Waals surface area contributed by atoms with E-state index >= 15 is 0 Å². The highest BCUT2D eigenvalue weighted by Crippen LogP contribution is 2.46. The largest absolute Gasteiger partial charge is 0.358 e. The molecule has 6 rings (SSSR count). The van der Waals surface area contributed by atoms with Gasteiger partial charge in [-0.15, -0.1) is 0 Å². The molecule has 1 amide bonds. The smallest absolute Gasteiger partial charge is 0.271 e. The Morgan fingerprint density at radius 2 is 2.12 bits per heavy atom. The third kappa shape index (κ3) is 3.01. The molecule has 1 aliphatic carbocycles. The van der Waals surface area contributed by atoms with Gasteiger partial charge in [-0.1, -0.05) is 12.1 Å². The number of H-pyrrole nitrogens is 2. The summed E-state index contributed by atoms with van der Waals surface area (Å²) in [7, 11) is 0. The van der Waals surface area contributed by atoms with Gasteiger partial charge in [-0.2, -0.15) is 5.10 Å². The van der Waals surface area contributed by atoms with Crippen molar-refractivity contribution in [3.8, 4) is 11.5 Å². The van der Waals surface area contributed by atoms with Gasteiger partial charge in [0.05, 0.1) is 23.1 Å². The predicted molar refractivity (Wildman–Crippen MR) is 114 cm³/mol. The molecule has 0 radical (unpaired) electrons. The van der Waals surface area contributed by atoms with Crippen molar-refractivity contribution >= 4 is 28.1 Å². The van der Waals surface area contributed by atoms with Crippen LogP contribution in [0.4, 0.5) is 0 Å². The van der Waals surface area contributed by atoms with E-state index in [1.807, 2.05) is 12.1 Å². The number of carbonyl (C=O) groups excluding carboxylic acids is 1. The minimum atomic E-state index is -0.440. The van der Waals surface area contributed by atoms with E-state index in [2.05, 4.69) is 47.5 Å². The summed E-state index contributed by atoms with van der Waals surface area (Å²) in [6.45, 7) is 4.02. The van der Waals surface area contributed by atoms with E-state index in [9.17, 15) is 4.79 Å². The lowest BCUT2D eigenvalue weighted by Gasteiger charge is -2.10. The first-order valence-corrected chi connectivity index (χ1v) is 10.3. The van der Waals surface area contributed by atoms with Gasteiger partial charge in [0.1, 0.15) is 17.7 Å². The predicted octanol–water partition coefficient (Wildman–Crippen LogP) is 2.82. The quantitative estimate of drug-likeness (QED) is 0.386. The topological polar surface area (TPSA) is 151 Å². The van der Waals surface area contributed by atoms with E-state index in [0.717, 1.165) is 24.1 Å². The van der Waals surface area contributed by atoms with Crippen molar-refractivity contribution in [1.82, 2.24) is 45.6 Å². The summed E-state index contributed by atoms with van der Waals surface area (Å²) in [6, 6.07) is 5.36. The Hall–Kier alpha value is -4.15. The van der Waals surface area contributed by atoms with Crippen LogP contribution in [0.25, 0.3) is 33.7 Å². The van der Waals surface area contributed by atoms with Gasteiger partial charge in [0.25, 0.3) is 5.91 Å². The molecule has 0 aliphatic heterocycles. The lowest BCUT2D eigenvalue weighted by molar-refractivity contribution is 0.0930. The summed E-state index contributed by atoms with van der Waals surface area (Å²) in [5.41, 5.74) is 4.01. The van der Waals surface area contributed by atoms with Crippen LogP contribution in [-0.4, -0.2) is 46.2 Å². The second-order valence-corrected chi connectivity index (χ2v) is 8.38. The molecule has 32 heavy (non-hydrogen) atoms. The van der Waals surface area contributed by atoms with Crippen LogP contribution in [0.5, 0.6) is 0 Å².